The number of thiocarbonyl (C=S) groups is 1. The lowest BCUT2D eigenvalue weighted by molar-refractivity contribution is -0.153. The second kappa shape index (κ2) is 8.15. The number of amides is 1. The van der Waals surface area contributed by atoms with E-state index in [1.807, 2.05) is 26.0 Å². The van der Waals surface area contributed by atoms with Crippen molar-refractivity contribution in [3.05, 3.63) is 60.7 Å². The maximum absolute atomic E-state index is 13.4. The van der Waals surface area contributed by atoms with Crippen molar-refractivity contribution in [2.45, 2.75) is 52.4 Å². The van der Waals surface area contributed by atoms with Gasteiger partial charge in [-0.05, 0) is 62.2 Å². The predicted octanol–water partition coefficient (Wildman–Crippen LogP) is 3.84. The molecule has 0 aliphatic carbocycles. The molecular weight excluding hydrogens is 410 g/mol. The highest BCUT2D eigenvalue weighted by atomic mass is 32.1. The van der Waals surface area contributed by atoms with Gasteiger partial charge in [0.2, 0.25) is 0 Å². The maximum atomic E-state index is 13.4. The molecule has 0 spiro atoms. The van der Waals surface area contributed by atoms with Gasteiger partial charge in [0.1, 0.15) is 0 Å². The van der Waals surface area contributed by atoms with E-state index in [1.54, 1.807) is 48.5 Å². The molecule has 6 nitrogen and oxygen atoms in total. The SMILES string of the molecule is CC(C)(C)CC(C)(C)NC1(O)C(=O)C(=O)N(c2ccccc2)C(=S)N1c1ccccc1. The molecule has 0 saturated carbocycles. The summed E-state index contributed by atoms with van der Waals surface area (Å²) in [5.41, 5.74) is 0.196. The highest BCUT2D eigenvalue weighted by Crippen LogP contribution is 2.34. The molecule has 2 aromatic rings. The fourth-order valence-electron chi connectivity index (χ4n) is 4.31. The minimum Gasteiger partial charge on any atom is -0.352 e. The third-order valence-corrected chi connectivity index (χ3v) is 5.30. The van der Waals surface area contributed by atoms with Crippen LogP contribution in [0.25, 0.3) is 0 Å². The van der Waals surface area contributed by atoms with Gasteiger partial charge in [-0.2, -0.15) is 0 Å². The molecule has 1 saturated heterocycles. The molecule has 1 aliphatic heterocycles. The van der Waals surface area contributed by atoms with Crippen molar-refractivity contribution < 1.29 is 14.7 Å². The number of benzene rings is 2. The van der Waals surface area contributed by atoms with E-state index < -0.39 is 23.1 Å². The van der Waals surface area contributed by atoms with Crippen LogP contribution < -0.4 is 15.1 Å². The van der Waals surface area contributed by atoms with Crippen molar-refractivity contribution in [2.24, 2.45) is 5.41 Å². The number of Topliss-reactive ketones (excluding diaryl/α,β-unsaturated/α-hetero) is 1. The smallest absolute Gasteiger partial charge is 0.307 e. The Bertz CT molecular complexity index is 986. The first kappa shape index (κ1) is 23.1. The Labute approximate surface area is 188 Å². The molecule has 2 aromatic carbocycles. The molecule has 1 fully saturated rings. The van der Waals surface area contributed by atoms with Crippen LogP contribution >= 0.6 is 12.2 Å². The number of anilines is 2. The van der Waals surface area contributed by atoms with E-state index in [0.29, 0.717) is 17.8 Å². The van der Waals surface area contributed by atoms with E-state index in [2.05, 4.69) is 26.1 Å². The van der Waals surface area contributed by atoms with E-state index >= 15 is 0 Å². The molecule has 0 bridgehead atoms. The third kappa shape index (κ3) is 4.69. The molecule has 7 heteroatoms. The van der Waals surface area contributed by atoms with Crippen LogP contribution in [-0.4, -0.2) is 33.3 Å². The second-order valence-corrected chi connectivity index (χ2v) is 10.0. The van der Waals surface area contributed by atoms with E-state index in [9.17, 15) is 14.7 Å². The minimum atomic E-state index is -2.32. The summed E-state index contributed by atoms with van der Waals surface area (Å²) in [5, 5.41) is 14.8. The van der Waals surface area contributed by atoms with E-state index in [4.69, 9.17) is 12.2 Å². The number of aliphatic hydroxyl groups is 1. The zero-order valence-corrected chi connectivity index (χ0v) is 19.4. The molecule has 0 radical (unpaired) electrons. The lowest BCUT2D eigenvalue weighted by atomic mass is 9.81. The quantitative estimate of drug-likeness (QED) is 0.419. The van der Waals surface area contributed by atoms with E-state index in [-0.39, 0.29) is 10.5 Å². The number of ketones is 1. The highest BCUT2D eigenvalue weighted by Gasteiger charge is 2.57. The van der Waals surface area contributed by atoms with Crippen LogP contribution in [0.15, 0.2) is 60.7 Å². The third-order valence-electron chi connectivity index (χ3n) is 4.93. The molecule has 164 valence electrons. The van der Waals surface area contributed by atoms with Crippen molar-refractivity contribution in [2.75, 3.05) is 9.80 Å². The first-order valence-electron chi connectivity index (χ1n) is 10.2. The molecule has 1 aliphatic rings. The molecule has 2 N–H and O–H groups in total. The lowest BCUT2D eigenvalue weighted by Crippen LogP contribution is -2.78. The Balaban J connectivity index is 2.12. The lowest BCUT2D eigenvalue weighted by Gasteiger charge is -2.50. The Morgan fingerprint density at radius 3 is 1.87 bits per heavy atom. The van der Waals surface area contributed by atoms with Crippen LogP contribution in [0.5, 0.6) is 0 Å². The van der Waals surface area contributed by atoms with E-state index in [1.165, 1.54) is 4.90 Å². The van der Waals surface area contributed by atoms with Crippen LogP contribution in [0.2, 0.25) is 0 Å². The van der Waals surface area contributed by atoms with Gasteiger partial charge in [-0.15, -0.1) is 0 Å². The average Bonchev–Trinajstić information content (AvgIpc) is 2.66. The van der Waals surface area contributed by atoms with Crippen LogP contribution in [0.1, 0.15) is 41.0 Å². The largest absolute Gasteiger partial charge is 0.352 e. The van der Waals surface area contributed by atoms with Crippen molar-refractivity contribution in [1.82, 2.24) is 5.32 Å². The summed E-state index contributed by atoms with van der Waals surface area (Å²) < 4.78 is 0. The number of nitrogens with one attached hydrogen (secondary N) is 1. The predicted molar refractivity (Wildman–Crippen MR) is 127 cm³/mol. The molecule has 0 aromatic heterocycles. The van der Waals surface area contributed by atoms with Gasteiger partial charge in [0, 0.05) is 11.2 Å². The normalized spacial score (nSPS) is 20.4. The summed E-state index contributed by atoms with van der Waals surface area (Å²) in [6.45, 7) is 10.0. The standard InChI is InChI=1S/C24H29N3O3S/c1-22(2,3)16-23(4,5)25-24(30)19(28)20(29)26(17-12-8-6-9-13-17)21(31)27(24)18-14-10-7-11-15-18/h6-15,25,30H,16H2,1-5H3. The van der Waals surface area contributed by atoms with Crippen molar-refractivity contribution in [3.63, 3.8) is 0 Å². The number of nitrogens with zero attached hydrogens (tertiary/aromatic N) is 2. The summed E-state index contributed by atoms with van der Waals surface area (Å²) in [6, 6.07) is 17.6. The topological polar surface area (TPSA) is 72.9 Å². The number of rotatable bonds is 5. The van der Waals surface area contributed by atoms with Crippen molar-refractivity contribution in [1.29, 1.82) is 0 Å². The molecule has 3 rings (SSSR count). The van der Waals surface area contributed by atoms with Crippen LogP contribution in [0.4, 0.5) is 11.4 Å². The summed E-state index contributed by atoms with van der Waals surface area (Å²) in [5.74, 6) is -4.20. The number of carbonyl (C=O) groups excluding carboxylic acids is 2. The highest BCUT2D eigenvalue weighted by molar-refractivity contribution is 7.81. The van der Waals surface area contributed by atoms with Crippen LogP contribution in [0.3, 0.4) is 0 Å². The molecule has 1 amide bonds. The van der Waals surface area contributed by atoms with Gasteiger partial charge in [0.25, 0.3) is 11.6 Å². The molecule has 1 atom stereocenters. The van der Waals surface area contributed by atoms with Crippen molar-refractivity contribution in [3.8, 4) is 0 Å². The monoisotopic (exact) mass is 439 g/mol. The number of hydrogen-bond acceptors (Lipinski definition) is 5. The number of para-hydroxylation sites is 2. The fourth-order valence-corrected chi connectivity index (χ4v) is 4.74. The summed E-state index contributed by atoms with van der Waals surface area (Å²) in [7, 11) is 0. The summed E-state index contributed by atoms with van der Waals surface area (Å²) >= 11 is 5.67. The zero-order chi connectivity index (χ0) is 23.0. The van der Waals surface area contributed by atoms with Gasteiger partial charge in [0.05, 0.1) is 5.69 Å². The summed E-state index contributed by atoms with van der Waals surface area (Å²) in [6.07, 6.45) is 0.640. The number of hydrogen-bond donors (Lipinski definition) is 2. The zero-order valence-electron chi connectivity index (χ0n) is 18.5. The second-order valence-electron chi connectivity index (χ2n) is 9.68. The molecular formula is C24H29N3O3S. The fraction of sp³-hybridized carbons (Fsp3) is 0.375. The average molecular weight is 440 g/mol. The summed E-state index contributed by atoms with van der Waals surface area (Å²) in [4.78, 5) is 29.0. The van der Waals surface area contributed by atoms with Crippen molar-refractivity contribution >= 4 is 40.4 Å². The van der Waals surface area contributed by atoms with E-state index in [0.717, 1.165) is 4.90 Å². The van der Waals surface area contributed by atoms with Gasteiger partial charge < -0.3 is 5.11 Å². The minimum absolute atomic E-state index is 0.0172. The Kier molecular flexibility index (Phi) is 6.06. The Morgan fingerprint density at radius 1 is 0.903 bits per heavy atom. The van der Waals surface area contributed by atoms with Gasteiger partial charge in [-0.1, -0.05) is 57.2 Å². The number of carbonyl (C=O) groups is 2. The Hall–Kier alpha value is -2.61. The molecule has 1 unspecified atom stereocenters. The Morgan fingerprint density at radius 2 is 1.39 bits per heavy atom. The van der Waals surface area contributed by atoms with Crippen LogP contribution in [0, 0.1) is 5.41 Å². The van der Waals surface area contributed by atoms with Gasteiger partial charge in [-0.3, -0.25) is 19.8 Å². The first-order chi connectivity index (χ1) is 14.4. The first-order valence-corrected chi connectivity index (χ1v) is 10.6. The van der Waals surface area contributed by atoms with Gasteiger partial charge >= 0.3 is 5.91 Å². The van der Waals surface area contributed by atoms with Gasteiger partial charge in [0.15, 0.2) is 5.11 Å². The van der Waals surface area contributed by atoms with Crippen LogP contribution in [-0.2, 0) is 9.59 Å². The maximum Gasteiger partial charge on any atom is 0.307 e. The molecule has 31 heavy (non-hydrogen) atoms. The van der Waals surface area contributed by atoms with Gasteiger partial charge in [-0.25, -0.2) is 4.90 Å². The molecule has 1 heterocycles.